The number of amides is 2. The number of hydrogen-bond acceptors (Lipinski definition) is 6. The van der Waals surface area contributed by atoms with E-state index in [0.717, 1.165) is 39.1 Å². The SMILES string of the molecule is CC(=O)c1cn(CC(=O)N2[C@H]3C[C@@]3(CN3CCN(C)CC3)C[C@H]2C(=O)NCc2cccc(Cl)c2F)c2cc(P(=O)(O)O)ccc12. The Hall–Kier alpha value is -3.12. The minimum absolute atomic E-state index is 0.0439. The van der Waals surface area contributed by atoms with Crippen LogP contribution in [0.1, 0.15) is 35.7 Å². The first-order valence-electron chi connectivity index (χ1n) is 14.9. The molecule has 1 aromatic heterocycles. The highest BCUT2D eigenvalue weighted by atomic mass is 35.5. The van der Waals surface area contributed by atoms with E-state index in [1.54, 1.807) is 17.0 Å². The number of ketones is 1. The van der Waals surface area contributed by atoms with Crippen LogP contribution < -0.4 is 10.6 Å². The first-order valence-corrected chi connectivity index (χ1v) is 16.9. The van der Waals surface area contributed by atoms with E-state index in [4.69, 9.17) is 11.6 Å². The molecule has 1 saturated carbocycles. The highest BCUT2D eigenvalue weighted by molar-refractivity contribution is 7.60. The van der Waals surface area contributed by atoms with Gasteiger partial charge in [0.25, 0.3) is 0 Å². The van der Waals surface area contributed by atoms with Crippen LogP contribution in [0, 0.1) is 11.2 Å². The molecule has 0 radical (unpaired) electrons. The van der Waals surface area contributed by atoms with Crippen molar-refractivity contribution in [1.29, 1.82) is 0 Å². The van der Waals surface area contributed by atoms with Crippen LogP contribution in [-0.2, 0) is 27.2 Å². The lowest BCUT2D eigenvalue weighted by atomic mass is 9.97. The summed E-state index contributed by atoms with van der Waals surface area (Å²) >= 11 is 5.93. The number of nitrogens with one attached hydrogen (secondary N) is 1. The van der Waals surface area contributed by atoms with Crippen LogP contribution in [-0.4, -0.2) is 98.5 Å². The molecule has 11 nitrogen and oxygen atoms in total. The van der Waals surface area contributed by atoms with Crippen LogP contribution in [0.25, 0.3) is 10.9 Å². The Balaban J connectivity index is 1.28. The molecule has 14 heteroatoms. The smallest absolute Gasteiger partial charge is 0.350 e. The molecule has 0 spiro atoms. The van der Waals surface area contributed by atoms with Gasteiger partial charge < -0.3 is 34.4 Å². The molecular weight excluding hydrogens is 624 g/mol. The third-order valence-electron chi connectivity index (χ3n) is 9.51. The summed E-state index contributed by atoms with van der Waals surface area (Å²) in [6.07, 6.45) is 2.74. The van der Waals surface area contributed by atoms with Crippen molar-refractivity contribution in [3.63, 3.8) is 0 Å². The van der Waals surface area contributed by atoms with Gasteiger partial charge in [0, 0.05) is 73.4 Å². The largest absolute Gasteiger partial charge is 0.356 e. The van der Waals surface area contributed by atoms with Crippen molar-refractivity contribution in [1.82, 2.24) is 24.6 Å². The predicted molar refractivity (Wildman–Crippen MR) is 167 cm³/mol. The second-order valence-corrected chi connectivity index (χ2v) is 14.6. The number of likely N-dealkylation sites (tertiary alicyclic amines) is 1. The van der Waals surface area contributed by atoms with Crippen LogP contribution in [0.15, 0.2) is 42.6 Å². The van der Waals surface area contributed by atoms with Gasteiger partial charge in [-0.1, -0.05) is 29.8 Å². The highest BCUT2D eigenvalue weighted by Crippen LogP contribution is 2.60. The second-order valence-electron chi connectivity index (χ2n) is 12.6. The zero-order valence-electron chi connectivity index (χ0n) is 25.1. The van der Waals surface area contributed by atoms with Gasteiger partial charge in [0.05, 0.1) is 15.8 Å². The third-order valence-corrected chi connectivity index (χ3v) is 10.8. The number of benzene rings is 2. The third kappa shape index (κ3) is 6.19. The summed E-state index contributed by atoms with van der Waals surface area (Å²) in [4.78, 5) is 66.0. The van der Waals surface area contributed by atoms with Crippen molar-refractivity contribution >= 4 is 53.0 Å². The molecule has 3 aromatic rings. The number of fused-ring (bicyclic) bond motifs is 2. The fourth-order valence-corrected chi connectivity index (χ4v) is 7.73. The Morgan fingerprint density at radius 2 is 1.84 bits per heavy atom. The summed E-state index contributed by atoms with van der Waals surface area (Å²) in [5.41, 5.74) is 0.655. The van der Waals surface area contributed by atoms with E-state index in [-0.39, 0.29) is 52.1 Å². The fourth-order valence-electron chi connectivity index (χ4n) is 6.98. The molecule has 3 fully saturated rings. The van der Waals surface area contributed by atoms with Gasteiger partial charge in [0.1, 0.15) is 18.4 Å². The topological polar surface area (TPSA) is 135 Å². The normalized spacial score (nSPS) is 23.7. The molecule has 0 unspecified atom stereocenters. The van der Waals surface area contributed by atoms with E-state index in [1.807, 2.05) is 0 Å². The van der Waals surface area contributed by atoms with Crippen molar-refractivity contribution in [2.45, 2.75) is 44.9 Å². The molecule has 2 amide bonds. The molecule has 3 N–H and O–H groups in total. The van der Waals surface area contributed by atoms with Gasteiger partial charge in [-0.15, -0.1) is 0 Å². The predicted octanol–water partition coefficient (Wildman–Crippen LogP) is 2.36. The Bertz CT molecular complexity index is 1740. The van der Waals surface area contributed by atoms with Gasteiger partial charge >= 0.3 is 7.60 Å². The lowest BCUT2D eigenvalue weighted by Crippen LogP contribution is -2.48. The standard InChI is InChI=1S/C31H36ClFN5O6P/c1-19(39)23-16-37(25-12-21(45(42,43)44)6-7-22(23)25)17-28(40)38-26(30(41)34-15-20-4-3-5-24(32)29(20)33)13-31(14-27(31)38)18-36-10-8-35(2)9-11-36/h3-7,12,16,26-27H,8-11,13-15,17-18H2,1-2H3,(H,34,41)(H2,42,43,44)/t26-,27-,31+/m0/s1. The molecule has 0 bridgehead atoms. The lowest BCUT2D eigenvalue weighted by molar-refractivity contribution is -0.140. The first kappa shape index (κ1) is 31.8. The van der Waals surface area contributed by atoms with Gasteiger partial charge in [-0.05, 0) is 45.0 Å². The molecule has 3 atom stereocenters. The number of likely N-dealkylation sites (N-methyl/N-ethyl adjacent to an activating group) is 1. The molecule has 3 aliphatic rings. The number of piperazine rings is 1. The molecule has 3 heterocycles. The van der Waals surface area contributed by atoms with E-state index in [2.05, 4.69) is 22.2 Å². The average molecular weight is 660 g/mol. The number of Topliss-reactive ketones (excluding diaryl/α,β-unsaturated/α-hetero) is 1. The lowest BCUT2D eigenvalue weighted by Gasteiger charge is -2.34. The number of hydrogen-bond donors (Lipinski definition) is 3. The monoisotopic (exact) mass is 659 g/mol. The summed E-state index contributed by atoms with van der Waals surface area (Å²) in [7, 11) is -2.51. The first-order chi connectivity index (χ1) is 21.3. The summed E-state index contributed by atoms with van der Waals surface area (Å²) in [5, 5.41) is 3.01. The zero-order valence-corrected chi connectivity index (χ0v) is 26.7. The van der Waals surface area contributed by atoms with Crippen molar-refractivity contribution < 1.29 is 33.1 Å². The maximum absolute atomic E-state index is 14.6. The number of carbonyl (C=O) groups excluding carboxylic acids is 3. The van der Waals surface area contributed by atoms with Crippen LogP contribution in [0.3, 0.4) is 0 Å². The zero-order chi connectivity index (χ0) is 32.3. The van der Waals surface area contributed by atoms with Crippen molar-refractivity contribution in [3.05, 3.63) is 64.6 Å². The maximum Gasteiger partial charge on any atom is 0.356 e. The number of nitrogens with zero attached hydrogens (tertiary/aromatic N) is 4. The fraction of sp³-hybridized carbons (Fsp3) is 0.452. The van der Waals surface area contributed by atoms with Gasteiger partial charge in [-0.2, -0.15) is 0 Å². The van der Waals surface area contributed by atoms with Gasteiger partial charge in [0.2, 0.25) is 11.8 Å². The number of halogens is 2. The maximum atomic E-state index is 14.6. The van der Waals surface area contributed by atoms with Crippen LogP contribution in [0.4, 0.5) is 4.39 Å². The Kier molecular flexibility index (Phi) is 8.43. The van der Waals surface area contributed by atoms with Crippen LogP contribution in [0.5, 0.6) is 0 Å². The van der Waals surface area contributed by atoms with E-state index >= 15 is 0 Å². The molecular formula is C31H36ClFN5O6P. The Morgan fingerprint density at radius 1 is 1.11 bits per heavy atom. The number of aromatic nitrogens is 1. The van der Waals surface area contributed by atoms with E-state index < -0.39 is 25.4 Å². The number of piperidine rings is 1. The average Bonchev–Trinajstić information content (AvgIpc) is 3.39. The molecule has 1 aliphatic carbocycles. The van der Waals surface area contributed by atoms with Gasteiger partial charge in [0.15, 0.2) is 5.78 Å². The second kappa shape index (κ2) is 11.9. The molecule has 2 aromatic carbocycles. The molecule has 6 rings (SSSR count). The van der Waals surface area contributed by atoms with E-state index in [1.165, 1.54) is 42.0 Å². The minimum Gasteiger partial charge on any atom is -0.350 e. The van der Waals surface area contributed by atoms with Crippen molar-refractivity contribution in [2.24, 2.45) is 5.41 Å². The van der Waals surface area contributed by atoms with Crippen molar-refractivity contribution in [3.8, 4) is 0 Å². The molecule has 45 heavy (non-hydrogen) atoms. The molecule has 2 aliphatic heterocycles. The van der Waals surface area contributed by atoms with E-state index in [9.17, 15) is 33.1 Å². The minimum atomic E-state index is -4.60. The summed E-state index contributed by atoms with van der Waals surface area (Å²) < 4.78 is 28.1. The molecule has 240 valence electrons. The Labute approximate surface area is 265 Å². The quantitative estimate of drug-likeness (QED) is 0.236. The van der Waals surface area contributed by atoms with E-state index in [0.29, 0.717) is 22.9 Å². The number of rotatable bonds is 9. The van der Waals surface area contributed by atoms with Gasteiger partial charge in [-0.25, -0.2) is 4.39 Å². The van der Waals surface area contributed by atoms with Crippen LogP contribution in [0.2, 0.25) is 5.02 Å². The number of carbonyl (C=O) groups is 3. The van der Waals surface area contributed by atoms with Crippen molar-refractivity contribution in [2.75, 3.05) is 39.8 Å². The Morgan fingerprint density at radius 3 is 2.53 bits per heavy atom. The summed E-state index contributed by atoms with van der Waals surface area (Å²) in [6.45, 7) is 5.50. The van der Waals surface area contributed by atoms with Gasteiger partial charge in [-0.3, -0.25) is 18.9 Å². The summed E-state index contributed by atoms with van der Waals surface area (Å²) in [6, 6.07) is 7.69. The van der Waals surface area contributed by atoms with Crippen LogP contribution >= 0.6 is 19.2 Å². The highest BCUT2D eigenvalue weighted by Gasteiger charge is 2.67. The summed E-state index contributed by atoms with van der Waals surface area (Å²) in [5.74, 6) is -1.60. The molecule has 2 saturated heterocycles.